The minimum absolute atomic E-state index is 0.0502. The van der Waals surface area contributed by atoms with E-state index in [0.29, 0.717) is 5.02 Å². The number of halogens is 1. The molecule has 120 valence electrons. The van der Waals surface area contributed by atoms with E-state index in [9.17, 15) is 9.59 Å². The van der Waals surface area contributed by atoms with Gasteiger partial charge < -0.3 is 16.4 Å². The maximum absolute atomic E-state index is 12.2. The summed E-state index contributed by atoms with van der Waals surface area (Å²) >= 11 is 5.96. The molecule has 1 saturated carbocycles. The molecule has 0 spiro atoms. The Bertz CT molecular complexity index is 525. The Morgan fingerprint density at radius 3 is 2.32 bits per heavy atom. The molecule has 0 heterocycles. The van der Waals surface area contributed by atoms with E-state index in [1.54, 1.807) is 0 Å². The van der Waals surface area contributed by atoms with Gasteiger partial charge in [-0.25, -0.2) is 0 Å². The Kier molecular flexibility index (Phi) is 5.80. The third kappa shape index (κ3) is 4.21. The van der Waals surface area contributed by atoms with Crippen LogP contribution in [0.15, 0.2) is 24.3 Å². The average molecular weight is 324 g/mol. The summed E-state index contributed by atoms with van der Waals surface area (Å²) in [6, 6.07) is 7.62. The zero-order valence-corrected chi connectivity index (χ0v) is 13.3. The maximum Gasteiger partial charge on any atom is 0.240 e. The summed E-state index contributed by atoms with van der Waals surface area (Å²) in [5.41, 5.74) is 5.91. The quantitative estimate of drug-likeness (QED) is 0.771. The molecule has 22 heavy (non-hydrogen) atoms. The van der Waals surface area contributed by atoms with Crippen molar-refractivity contribution in [2.24, 2.45) is 5.73 Å². The highest BCUT2D eigenvalue weighted by Gasteiger charge is 2.35. The first kappa shape index (κ1) is 16.8. The molecule has 0 atom stereocenters. The standard InChI is InChI=1S/C16H22ClN3O2/c17-13-6-4-12(5-7-13)16(8-2-1-3-9-16)20-15(22)11-19-14(21)10-18/h4-7H,1-3,8-11,18H2,(H,19,21)(H,20,22). The second-order valence-electron chi connectivity index (χ2n) is 5.68. The number of amides is 2. The van der Waals surface area contributed by atoms with Crippen molar-refractivity contribution in [3.8, 4) is 0 Å². The molecular weight excluding hydrogens is 302 g/mol. The number of nitrogens with two attached hydrogens (primary N) is 1. The Morgan fingerprint density at radius 1 is 1.09 bits per heavy atom. The normalized spacial score (nSPS) is 16.8. The van der Waals surface area contributed by atoms with E-state index in [-0.39, 0.29) is 30.4 Å². The number of nitrogens with one attached hydrogen (secondary N) is 2. The maximum atomic E-state index is 12.2. The van der Waals surface area contributed by atoms with Gasteiger partial charge in [0.05, 0.1) is 18.6 Å². The summed E-state index contributed by atoms with van der Waals surface area (Å²) in [7, 11) is 0. The van der Waals surface area contributed by atoms with Crippen LogP contribution in [0.2, 0.25) is 5.02 Å². The van der Waals surface area contributed by atoms with Crippen LogP contribution in [0.25, 0.3) is 0 Å². The Labute approximate surface area is 135 Å². The fourth-order valence-corrected chi connectivity index (χ4v) is 3.10. The van der Waals surface area contributed by atoms with E-state index in [0.717, 1.165) is 31.2 Å². The van der Waals surface area contributed by atoms with E-state index in [1.165, 1.54) is 6.42 Å². The van der Waals surface area contributed by atoms with Gasteiger partial charge in [-0.1, -0.05) is 43.0 Å². The van der Waals surface area contributed by atoms with E-state index in [1.807, 2.05) is 24.3 Å². The highest BCUT2D eigenvalue weighted by atomic mass is 35.5. The highest BCUT2D eigenvalue weighted by Crippen LogP contribution is 2.37. The van der Waals surface area contributed by atoms with Crippen molar-refractivity contribution >= 4 is 23.4 Å². The molecule has 0 saturated heterocycles. The van der Waals surface area contributed by atoms with Gasteiger partial charge in [0.2, 0.25) is 11.8 Å². The van der Waals surface area contributed by atoms with E-state index in [4.69, 9.17) is 17.3 Å². The molecule has 1 aromatic rings. The van der Waals surface area contributed by atoms with Crippen molar-refractivity contribution in [1.29, 1.82) is 0 Å². The Hall–Kier alpha value is -1.59. The summed E-state index contributed by atoms with van der Waals surface area (Å²) in [6.45, 7) is -0.166. The lowest BCUT2D eigenvalue weighted by Gasteiger charge is -2.39. The second-order valence-corrected chi connectivity index (χ2v) is 6.12. The molecule has 2 rings (SSSR count). The summed E-state index contributed by atoms with van der Waals surface area (Å²) in [6.07, 6.45) is 5.10. The average Bonchev–Trinajstić information content (AvgIpc) is 2.54. The van der Waals surface area contributed by atoms with Crippen LogP contribution in [-0.2, 0) is 15.1 Å². The fraction of sp³-hybridized carbons (Fsp3) is 0.500. The van der Waals surface area contributed by atoms with Crippen LogP contribution in [0.4, 0.5) is 0 Å². The largest absolute Gasteiger partial charge is 0.346 e. The number of carbonyl (C=O) groups excluding carboxylic acids is 2. The molecule has 0 bridgehead atoms. The predicted octanol–water partition coefficient (Wildman–Crippen LogP) is 1.69. The van der Waals surface area contributed by atoms with Crippen LogP contribution >= 0.6 is 11.6 Å². The fourth-order valence-electron chi connectivity index (χ4n) is 2.97. The first-order valence-electron chi connectivity index (χ1n) is 7.59. The molecule has 1 aliphatic carbocycles. The van der Waals surface area contributed by atoms with Gasteiger partial charge in [-0.2, -0.15) is 0 Å². The molecule has 1 aliphatic rings. The molecule has 0 radical (unpaired) electrons. The SMILES string of the molecule is NCC(=O)NCC(=O)NC1(c2ccc(Cl)cc2)CCCCC1. The van der Waals surface area contributed by atoms with Gasteiger partial charge in [-0.05, 0) is 30.5 Å². The summed E-state index contributed by atoms with van der Waals surface area (Å²) in [5, 5.41) is 6.29. The predicted molar refractivity (Wildman–Crippen MR) is 86.4 cm³/mol. The van der Waals surface area contributed by atoms with E-state index in [2.05, 4.69) is 10.6 Å². The van der Waals surface area contributed by atoms with Crippen LogP contribution in [0.1, 0.15) is 37.7 Å². The Balaban J connectivity index is 2.10. The van der Waals surface area contributed by atoms with Gasteiger partial charge in [0.15, 0.2) is 0 Å². The lowest BCUT2D eigenvalue weighted by atomic mass is 9.76. The Morgan fingerprint density at radius 2 is 1.73 bits per heavy atom. The second kappa shape index (κ2) is 7.61. The first-order valence-corrected chi connectivity index (χ1v) is 7.97. The molecule has 1 fully saturated rings. The lowest BCUT2D eigenvalue weighted by Crippen LogP contribution is -2.50. The minimum Gasteiger partial charge on any atom is -0.346 e. The molecule has 6 heteroatoms. The zero-order valence-electron chi connectivity index (χ0n) is 12.5. The monoisotopic (exact) mass is 323 g/mol. The summed E-state index contributed by atoms with van der Waals surface area (Å²) in [4.78, 5) is 23.3. The van der Waals surface area contributed by atoms with E-state index >= 15 is 0 Å². The molecule has 1 aromatic carbocycles. The van der Waals surface area contributed by atoms with Crippen molar-refractivity contribution in [2.45, 2.75) is 37.6 Å². The lowest BCUT2D eigenvalue weighted by molar-refractivity contribution is -0.126. The van der Waals surface area contributed by atoms with Gasteiger partial charge >= 0.3 is 0 Å². The van der Waals surface area contributed by atoms with Crippen LogP contribution in [0, 0.1) is 0 Å². The van der Waals surface area contributed by atoms with Crippen molar-refractivity contribution < 1.29 is 9.59 Å². The molecule has 0 unspecified atom stereocenters. The number of rotatable bonds is 5. The van der Waals surface area contributed by atoms with Crippen LogP contribution in [0.5, 0.6) is 0 Å². The van der Waals surface area contributed by atoms with E-state index < -0.39 is 0 Å². The smallest absolute Gasteiger partial charge is 0.240 e. The molecule has 0 aromatic heterocycles. The number of carbonyl (C=O) groups is 2. The van der Waals surface area contributed by atoms with Gasteiger partial charge in [0.25, 0.3) is 0 Å². The first-order chi connectivity index (χ1) is 10.6. The van der Waals surface area contributed by atoms with Crippen molar-refractivity contribution in [3.63, 3.8) is 0 Å². The summed E-state index contributed by atoms with van der Waals surface area (Å²) < 4.78 is 0. The number of benzene rings is 1. The van der Waals surface area contributed by atoms with Crippen LogP contribution in [-0.4, -0.2) is 24.9 Å². The summed E-state index contributed by atoms with van der Waals surface area (Å²) in [5.74, 6) is -0.530. The topological polar surface area (TPSA) is 84.2 Å². The molecule has 4 N–H and O–H groups in total. The molecule has 5 nitrogen and oxygen atoms in total. The van der Waals surface area contributed by atoms with Gasteiger partial charge in [-0.15, -0.1) is 0 Å². The van der Waals surface area contributed by atoms with Gasteiger partial charge in [0.1, 0.15) is 0 Å². The van der Waals surface area contributed by atoms with Crippen molar-refractivity contribution in [3.05, 3.63) is 34.9 Å². The number of hydrogen-bond donors (Lipinski definition) is 3. The molecule has 0 aliphatic heterocycles. The zero-order chi connectivity index (χ0) is 16.0. The third-order valence-electron chi connectivity index (χ3n) is 4.11. The molecule has 2 amide bonds. The van der Waals surface area contributed by atoms with Gasteiger partial charge in [0, 0.05) is 5.02 Å². The van der Waals surface area contributed by atoms with Crippen molar-refractivity contribution in [1.82, 2.24) is 10.6 Å². The van der Waals surface area contributed by atoms with Gasteiger partial charge in [-0.3, -0.25) is 9.59 Å². The third-order valence-corrected chi connectivity index (χ3v) is 4.37. The minimum atomic E-state index is -0.368. The number of hydrogen-bond acceptors (Lipinski definition) is 3. The van der Waals surface area contributed by atoms with Crippen LogP contribution in [0.3, 0.4) is 0 Å². The van der Waals surface area contributed by atoms with Crippen molar-refractivity contribution in [2.75, 3.05) is 13.1 Å². The molecular formula is C16H22ClN3O2. The van der Waals surface area contributed by atoms with Crippen LogP contribution < -0.4 is 16.4 Å². The highest BCUT2D eigenvalue weighted by molar-refractivity contribution is 6.30.